The standard InChI is InChI=1S/C19H27N5O3S/c1-3-20-19(21-9-12-28(25,26)17-7-5-4-6-8-17)24-10-11-27-18(15-24)16-13-22-23(2)14-16/h4-8,13-14,18H,3,9-12,15H2,1-2H3,(H,20,21). The zero-order chi connectivity index (χ0) is 20.0. The molecule has 1 saturated heterocycles. The van der Waals surface area contributed by atoms with Gasteiger partial charge in [-0.3, -0.25) is 9.67 Å². The van der Waals surface area contributed by atoms with E-state index in [4.69, 9.17) is 4.74 Å². The van der Waals surface area contributed by atoms with Gasteiger partial charge in [-0.1, -0.05) is 18.2 Å². The molecule has 28 heavy (non-hydrogen) atoms. The third-order valence-electron chi connectivity index (χ3n) is 4.52. The second-order valence-corrected chi connectivity index (χ2v) is 8.73. The molecule has 0 spiro atoms. The van der Waals surface area contributed by atoms with E-state index in [0.717, 1.165) is 5.56 Å². The SMILES string of the molecule is CCNC(=NCCS(=O)(=O)c1ccccc1)N1CCOC(c2cnn(C)c2)C1. The van der Waals surface area contributed by atoms with Crippen LogP contribution < -0.4 is 5.32 Å². The van der Waals surface area contributed by atoms with Crippen molar-refractivity contribution < 1.29 is 13.2 Å². The predicted molar refractivity (Wildman–Crippen MR) is 108 cm³/mol. The summed E-state index contributed by atoms with van der Waals surface area (Å²) in [4.78, 5) is 7.00. The van der Waals surface area contributed by atoms with Crippen LogP contribution in [0.25, 0.3) is 0 Å². The van der Waals surface area contributed by atoms with E-state index < -0.39 is 9.84 Å². The van der Waals surface area contributed by atoms with Crippen LogP contribution in [0.3, 0.4) is 0 Å². The summed E-state index contributed by atoms with van der Waals surface area (Å²) in [5.41, 5.74) is 1.02. The second-order valence-electron chi connectivity index (χ2n) is 6.62. The lowest BCUT2D eigenvalue weighted by Gasteiger charge is -2.34. The van der Waals surface area contributed by atoms with Crippen LogP contribution in [-0.2, 0) is 21.6 Å². The third kappa shape index (κ3) is 5.11. The van der Waals surface area contributed by atoms with E-state index >= 15 is 0 Å². The molecule has 0 aliphatic carbocycles. The maximum atomic E-state index is 12.5. The van der Waals surface area contributed by atoms with E-state index in [1.165, 1.54) is 0 Å². The number of nitrogens with zero attached hydrogens (tertiary/aromatic N) is 4. The number of nitrogens with one attached hydrogen (secondary N) is 1. The highest BCUT2D eigenvalue weighted by Crippen LogP contribution is 2.21. The van der Waals surface area contributed by atoms with Gasteiger partial charge in [-0.25, -0.2) is 8.42 Å². The van der Waals surface area contributed by atoms with Crippen molar-refractivity contribution in [1.82, 2.24) is 20.0 Å². The fourth-order valence-electron chi connectivity index (χ4n) is 3.09. The Bertz CT molecular complexity index is 895. The molecule has 1 N–H and O–H groups in total. The van der Waals surface area contributed by atoms with Crippen molar-refractivity contribution in [2.45, 2.75) is 17.9 Å². The van der Waals surface area contributed by atoms with Gasteiger partial charge in [0.15, 0.2) is 15.8 Å². The van der Waals surface area contributed by atoms with Gasteiger partial charge in [0.1, 0.15) is 6.10 Å². The summed E-state index contributed by atoms with van der Waals surface area (Å²) in [7, 11) is -1.46. The van der Waals surface area contributed by atoms with Gasteiger partial charge in [0.2, 0.25) is 0 Å². The smallest absolute Gasteiger partial charge is 0.194 e. The Morgan fingerprint density at radius 1 is 1.36 bits per heavy atom. The molecule has 1 atom stereocenters. The first kappa shape index (κ1) is 20.3. The topological polar surface area (TPSA) is 88.8 Å². The second kappa shape index (κ2) is 9.20. The van der Waals surface area contributed by atoms with Crippen LogP contribution in [0.15, 0.2) is 52.6 Å². The molecule has 8 nitrogen and oxygen atoms in total. The van der Waals surface area contributed by atoms with Gasteiger partial charge in [0.25, 0.3) is 0 Å². The van der Waals surface area contributed by atoms with Crippen LogP contribution in [0.2, 0.25) is 0 Å². The van der Waals surface area contributed by atoms with Crippen LogP contribution in [0.4, 0.5) is 0 Å². The Morgan fingerprint density at radius 2 is 2.14 bits per heavy atom. The van der Waals surface area contributed by atoms with Crippen LogP contribution in [0.1, 0.15) is 18.6 Å². The number of rotatable bonds is 6. The van der Waals surface area contributed by atoms with E-state index in [9.17, 15) is 8.42 Å². The maximum Gasteiger partial charge on any atom is 0.194 e. The Morgan fingerprint density at radius 3 is 2.82 bits per heavy atom. The molecule has 0 saturated carbocycles. The zero-order valence-corrected chi connectivity index (χ0v) is 17.1. The molecule has 1 aliphatic heterocycles. The van der Waals surface area contributed by atoms with Crippen molar-refractivity contribution in [1.29, 1.82) is 0 Å². The molecular formula is C19H27N5O3S. The minimum Gasteiger partial charge on any atom is -0.370 e. The van der Waals surface area contributed by atoms with Crippen molar-refractivity contribution in [2.75, 3.05) is 38.5 Å². The maximum absolute atomic E-state index is 12.5. The lowest BCUT2D eigenvalue weighted by molar-refractivity contribution is -0.00802. The Hall–Kier alpha value is -2.39. The van der Waals surface area contributed by atoms with Gasteiger partial charge in [-0.05, 0) is 19.1 Å². The average Bonchev–Trinajstić information content (AvgIpc) is 3.14. The fraction of sp³-hybridized carbons (Fsp3) is 0.474. The largest absolute Gasteiger partial charge is 0.370 e. The number of hydrogen-bond donors (Lipinski definition) is 1. The normalized spacial score (nSPS) is 18.3. The number of guanidine groups is 1. The molecule has 1 aliphatic rings. The van der Waals surface area contributed by atoms with Crippen molar-refractivity contribution in [2.24, 2.45) is 12.0 Å². The summed E-state index contributed by atoms with van der Waals surface area (Å²) in [5, 5.41) is 7.47. The van der Waals surface area contributed by atoms with Gasteiger partial charge in [-0.15, -0.1) is 0 Å². The molecule has 2 heterocycles. The Labute approximate surface area is 166 Å². The van der Waals surface area contributed by atoms with Crippen molar-refractivity contribution in [3.63, 3.8) is 0 Å². The number of hydrogen-bond acceptors (Lipinski definition) is 5. The van der Waals surface area contributed by atoms with E-state index in [1.807, 2.05) is 26.4 Å². The van der Waals surface area contributed by atoms with Crippen molar-refractivity contribution >= 4 is 15.8 Å². The monoisotopic (exact) mass is 405 g/mol. The molecule has 2 aromatic rings. The van der Waals surface area contributed by atoms with Crippen LogP contribution in [0.5, 0.6) is 0 Å². The van der Waals surface area contributed by atoms with E-state index in [0.29, 0.717) is 37.1 Å². The molecule has 152 valence electrons. The van der Waals surface area contributed by atoms with Crippen molar-refractivity contribution in [3.05, 3.63) is 48.3 Å². The van der Waals surface area contributed by atoms with Crippen LogP contribution in [-0.4, -0.2) is 67.6 Å². The highest BCUT2D eigenvalue weighted by molar-refractivity contribution is 7.91. The first-order valence-corrected chi connectivity index (χ1v) is 11.1. The predicted octanol–water partition coefficient (Wildman–Crippen LogP) is 1.23. The summed E-state index contributed by atoms with van der Waals surface area (Å²) >= 11 is 0. The van der Waals surface area contributed by atoms with E-state index in [2.05, 4.69) is 20.3 Å². The van der Waals surface area contributed by atoms with Crippen molar-refractivity contribution in [3.8, 4) is 0 Å². The molecule has 0 radical (unpaired) electrons. The number of aryl methyl sites for hydroxylation is 1. The summed E-state index contributed by atoms with van der Waals surface area (Å²) in [5.74, 6) is 0.686. The summed E-state index contributed by atoms with van der Waals surface area (Å²) in [6.45, 7) is 4.83. The number of aromatic nitrogens is 2. The number of benzene rings is 1. The third-order valence-corrected chi connectivity index (χ3v) is 6.23. The molecule has 0 bridgehead atoms. The summed E-state index contributed by atoms with van der Waals surface area (Å²) in [6.07, 6.45) is 3.68. The Balaban J connectivity index is 1.66. The van der Waals surface area contributed by atoms with Crippen LogP contribution >= 0.6 is 0 Å². The minimum atomic E-state index is -3.34. The van der Waals surface area contributed by atoms with Gasteiger partial charge < -0.3 is 15.0 Å². The molecule has 1 unspecified atom stereocenters. The quantitative estimate of drug-likeness (QED) is 0.574. The number of morpholine rings is 1. The molecule has 3 rings (SSSR count). The van der Waals surface area contributed by atoms with E-state index in [1.54, 1.807) is 35.0 Å². The highest BCUT2D eigenvalue weighted by atomic mass is 32.2. The fourth-order valence-corrected chi connectivity index (χ4v) is 4.23. The molecule has 0 amide bonds. The molecular weight excluding hydrogens is 378 g/mol. The zero-order valence-electron chi connectivity index (χ0n) is 16.3. The summed E-state index contributed by atoms with van der Waals surface area (Å²) < 4.78 is 32.5. The summed E-state index contributed by atoms with van der Waals surface area (Å²) in [6, 6.07) is 8.49. The number of aliphatic imine (C=N–C) groups is 1. The van der Waals surface area contributed by atoms with E-state index in [-0.39, 0.29) is 18.4 Å². The lowest BCUT2D eigenvalue weighted by atomic mass is 10.1. The highest BCUT2D eigenvalue weighted by Gasteiger charge is 2.25. The van der Waals surface area contributed by atoms with Gasteiger partial charge in [0.05, 0.1) is 36.5 Å². The van der Waals surface area contributed by atoms with Gasteiger partial charge >= 0.3 is 0 Å². The van der Waals surface area contributed by atoms with Crippen LogP contribution in [0, 0.1) is 0 Å². The molecule has 1 fully saturated rings. The number of sulfone groups is 1. The Kier molecular flexibility index (Phi) is 6.69. The molecule has 1 aromatic heterocycles. The molecule has 9 heteroatoms. The minimum absolute atomic E-state index is 0.0255. The lowest BCUT2D eigenvalue weighted by Crippen LogP contribution is -2.48. The number of ether oxygens (including phenoxy) is 1. The van der Waals surface area contributed by atoms with Gasteiger partial charge in [0, 0.05) is 31.9 Å². The van der Waals surface area contributed by atoms with Gasteiger partial charge in [-0.2, -0.15) is 5.10 Å². The first-order chi connectivity index (χ1) is 13.5. The first-order valence-electron chi connectivity index (χ1n) is 9.41. The molecule has 1 aromatic carbocycles. The average molecular weight is 406 g/mol.